The molecule has 0 radical (unpaired) electrons. The lowest BCUT2D eigenvalue weighted by Crippen LogP contribution is -2.27. The number of carbonyl (C=O) groups excluding carboxylic acids is 2. The molecule has 2 amide bonds. The number of rotatable bonds is 7. The van der Waals surface area contributed by atoms with E-state index >= 15 is 0 Å². The summed E-state index contributed by atoms with van der Waals surface area (Å²) in [5, 5.41) is 11.0. The predicted octanol–water partition coefficient (Wildman–Crippen LogP) is 6.97. The Labute approximate surface area is 216 Å². The third-order valence-electron chi connectivity index (χ3n) is 5.08. The second-order valence-electron chi connectivity index (χ2n) is 7.32. The summed E-state index contributed by atoms with van der Waals surface area (Å²) in [6, 6.07) is 15.3. The van der Waals surface area contributed by atoms with Gasteiger partial charge in [0.25, 0.3) is 16.8 Å². The first-order valence-corrected chi connectivity index (χ1v) is 12.1. The number of nitro groups is 1. The summed E-state index contributed by atoms with van der Waals surface area (Å²) in [6.45, 7) is -0.375. The SMILES string of the molecule is O=C1S/C(=C\c2cc(Br)ccc2OCc2c(F)cccc2Cl)C(=O)N1Cc1ccccc1[N+](=O)[O-]. The Morgan fingerprint density at radius 2 is 1.91 bits per heavy atom. The minimum absolute atomic E-state index is 0.125. The third-order valence-corrected chi connectivity index (χ3v) is 6.84. The first-order chi connectivity index (χ1) is 16.7. The van der Waals surface area contributed by atoms with Crippen LogP contribution in [0.1, 0.15) is 16.7 Å². The Morgan fingerprint density at radius 1 is 1.14 bits per heavy atom. The van der Waals surface area contributed by atoms with Crippen LogP contribution in [0.3, 0.4) is 0 Å². The number of thioether (sulfide) groups is 1. The van der Waals surface area contributed by atoms with Crippen molar-refractivity contribution >= 4 is 62.2 Å². The highest BCUT2D eigenvalue weighted by Crippen LogP contribution is 2.37. The van der Waals surface area contributed by atoms with Gasteiger partial charge in [-0.25, -0.2) is 4.39 Å². The van der Waals surface area contributed by atoms with Crippen molar-refractivity contribution < 1.29 is 23.6 Å². The van der Waals surface area contributed by atoms with Crippen LogP contribution in [0.15, 0.2) is 70.0 Å². The fraction of sp³-hybridized carbons (Fsp3) is 0.0833. The lowest BCUT2D eigenvalue weighted by Gasteiger charge is -2.13. The maximum Gasteiger partial charge on any atom is 0.293 e. The van der Waals surface area contributed by atoms with Crippen molar-refractivity contribution in [3.63, 3.8) is 0 Å². The first-order valence-electron chi connectivity index (χ1n) is 10.1. The summed E-state index contributed by atoms with van der Waals surface area (Å²) in [6.07, 6.45) is 1.49. The molecular formula is C24H15BrClFN2O5S. The van der Waals surface area contributed by atoms with E-state index in [1.165, 1.54) is 36.4 Å². The Kier molecular flexibility index (Phi) is 7.54. The van der Waals surface area contributed by atoms with Gasteiger partial charge < -0.3 is 4.74 Å². The number of carbonyl (C=O) groups is 2. The molecule has 35 heavy (non-hydrogen) atoms. The number of nitro benzene ring substituents is 1. The van der Waals surface area contributed by atoms with Gasteiger partial charge in [-0.1, -0.05) is 51.8 Å². The lowest BCUT2D eigenvalue weighted by atomic mass is 10.1. The molecule has 0 aromatic heterocycles. The Bertz CT molecular complexity index is 1360. The van der Waals surface area contributed by atoms with Crippen molar-refractivity contribution in [1.82, 2.24) is 4.90 Å². The summed E-state index contributed by atoms with van der Waals surface area (Å²) in [5.41, 5.74) is 0.732. The summed E-state index contributed by atoms with van der Waals surface area (Å²) < 4.78 is 20.6. The summed E-state index contributed by atoms with van der Waals surface area (Å²) in [4.78, 5) is 37.4. The minimum Gasteiger partial charge on any atom is -0.488 e. The minimum atomic E-state index is -0.582. The van der Waals surface area contributed by atoms with Crippen molar-refractivity contribution in [2.24, 2.45) is 0 Å². The van der Waals surface area contributed by atoms with E-state index in [0.29, 0.717) is 15.8 Å². The monoisotopic (exact) mass is 576 g/mol. The molecule has 0 unspecified atom stereocenters. The molecule has 1 aliphatic rings. The van der Waals surface area contributed by atoms with Gasteiger partial charge in [-0.15, -0.1) is 0 Å². The number of hydrogen-bond acceptors (Lipinski definition) is 6. The van der Waals surface area contributed by atoms with Gasteiger partial charge in [-0.2, -0.15) is 0 Å². The van der Waals surface area contributed by atoms with E-state index in [9.17, 15) is 24.1 Å². The standard InChI is InChI=1S/C24H15BrClFN2O5S/c25-16-8-9-21(34-13-17-18(26)5-3-6-19(17)27)15(10-16)11-22-23(30)28(24(31)35-22)12-14-4-1-2-7-20(14)29(32)33/h1-11H,12-13H2/b22-11-. The largest absolute Gasteiger partial charge is 0.488 e. The molecule has 0 spiro atoms. The quantitative estimate of drug-likeness (QED) is 0.171. The van der Waals surface area contributed by atoms with E-state index in [4.69, 9.17) is 16.3 Å². The van der Waals surface area contributed by atoms with E-state index in [0.717, 1.165) is 16.7 Å². The van der Waals surface area contributed by atoms with Crippen LogP contribution in [-0.2, 0) is 17.9 Å². The Hall–Kier alpha value is -3.21. The molecule has 1 saturated heterocycles. The zero-order chi connectivity index (χ0) is 25.1. The second-order valence-corrected chi connectivity index (χ2v) is 9.64. The molecule has 0 aliphatic carbocycles. The molecule has 0 N–H and O–H groups in total. The van der Waals surface area contributed by atoms with Gasteiger partial charge in [0.1, 0.15) is 18.2 Å². The van der Waals surface area contributed by atoms with E-state index in [1.54, 1.807) is 30.3 Å². The average molecular weight is 578 g/mol. The van der Waals surface area contributed by atoms with Crippen LogP contribution in [-0.4, -0.2) is 21.0 Å². The number of ether oxygens (including phenoxy) is 1. The van der Waals surface area contributed by atoms with Gasteiger partial charge in [-0.3, -0.25) is 24.6 Å². The van der Waals surface area contributed by atoms with Crippen LogP contribution in [0.5, 0.6) is 5.75 Å². The molecule has 0 atom stereocenters. The molecular weight excluding hydrogens is 563 g/mol. The number of nitrogens with zero attached hydrogens (tertiary/aromatic N) is 2. The maximum absolute atomic E-state index is 14.1. The zero-order valence-corrected chi connectivity index (χ0v) is 20.9. The molecule has 178 valence electrons. The molecule has 7 nitrogen and oxygen atoms in total. The molecule has 4 rings (SSSR count). The Morgan fingerprint density at radius 3 is 2.66 bits per heavy atom. The summed E-state index contributed by atoms with van der Waals surface area (Å²) in [7, 11) is 0. The normalized spacial score (nSPS) is 14.6. The van der Waals surface area contributed by atoms with Crippen LogP contribution in [0.2, 0.25) is 5.02 Å². The molecule has 3 aromatic carbocycles. The summed E-state index contributed by atoms with van der Waals surface area (Å²) in [5.74, 6) is -0.744. The van der Waals surface area contributed by atoms with Crippen LogP contribution >= 0.6 is 39.3 Å². The van der Waals surface area contributed by atoms with Crippen LogP contribution in [0.25, 0.3) is 6.08 Å². The number of para-hydroxylation sites is 1. The Balaban J connectivity index is 1.59. The molecule has 1 aliphatic heterocycles. The van der Waals surface area contributed by atoms with Crippen LogP contribution < -0.4 is 4.74 Å². The zero-order valence-electron chi connectivity index (χ0n) is 17.7. The van der Waals surface area contributed by atoms with E-state index in [1.807, 2.05) is 0 Å². The van der Waals surface area contributed by atoms with Gasteiger partial charge in [0, 0.05) is 27.2 Å². The fourth-order valence-corrected chi connectivity index (χ4v) is 4.78. The number of amides is 2. The smallest absolute Gasteiger partial charge is 0.293 e. The van der Waals surface area contributed by atoms with Crippen molar-refractivity contribution in [3.8, 4) is 5.75 Å². The molecule has 0 bridgehead atoms. The fourth-order valence-electron chi connectivity index (χ4n) is 3.35. The molecule has 11 heteroatoms. The lowest BCUT2D eigenvalue weighted by molar-refractivity contribution is -0.385. The maximum atomic E-state index is 14.1. The van der Waals surface area contributed by atoms with Gasteiger partial charge >= 0.3 is 0 Å². The van der Waals surface area contributed by atoms with Gasteiger partial charge in [-0.05, 0) is 48.2 Å². The highest BCUT2D eigenvalue weighted by Gasteiger charge is 2.36. The van der Waals surface area contributed by atoms with Crippen molar-refractivity contribution in [3.05, 3.63) is 108 Å². The van der Waals surface area contributed by atoms with Crippen molar-refractivity contribution in [2.75, 3.05) is 0 Å². The van der Waals surface area contributed by atoms with Gasteiger partial charge in [0.2, 0.25) is 0 Å². The molecule has 1 fully saturated rings. The van der Waals surface area contributed by atoms with E-state index in [-0.39, 0.29) is 39.9 Å². The topological polar surface area (TPSA) is 89.8 Å². The average Bonchev–Trinajstić information content (AvgIpc) is 3.07. The third kappa shape index (κ3) is 5.55. The number of halogens is 3. The predicted molar refractivity (Wildman–Crippen MR) is 134 cm³/mol. The highest BCUT2D eigenvalue weighted by molar-refractivity contribution is 9.10. The number of hydrogen-bond donors (Lipinski definition) is 0. The second kappa shape index (κ2) is 10.6. The number of imide groups is 1. The van der Waals surface area contributed by atoms with Crippen LogP contribution in [0, 0.1) is 15.9 Å². The molecule has 1 heterocycles. The molecule has 0 saturated carbocycles. The van der Waals surface area contributed by atoms with Crippen molar-refractivity contribution in [1.29, 1.82) is 0 Å². The van der Waals surface area contributed by atoms with E-state index < -0.39 is 21.9 Å². The van der Waals surface area contributed by atoms with Gasteiger partial charge in [0.05, 0.1) is 21.4 Å². The number of benzene rings is 3. The molecule has 3 aromatic rings. The van der Waals surface area contributed by atoms with Gasteiger partial charge in [0.15, 0.2) is 0 Å². The highest BCUT2D eigenvalue weighted by atomic mass is 79.9. The first kappa shape index (κ1) is 24.9. The van der Waals surface area contributed by atoms with Crippen LogP contribution in [0.4, 0.5) is 14.9 Å². The van der Waals surface area contributed by atoms with Crippen molar-refractivity contribution in [2.45, 2.75) is 13.2 Å². The van der Waals surface area contributed by atoms with E-state index in [2.05, 4.69) is 15.9 Å². The summed E-state index contributed by atoms with van der Waals surface area (Å²) >= 11 is 10.2.